The van der Waals surface area contributed by atoms with Crippen molar-refractivity contribution in [1.29, 1.82) is 0 Å². The van der Waals surface area contributed by atoms with Gasteiger partial charge in [0, 0.05) is 18.7 Å². The van der Waals surface area contributed by atoms with Gasteiger partial charge in [-0.25, -0.2) is 4.39 Å². The molecule has 1 aromatic heterocycles. The predicted octanol–water partition coefficient (Wildman–Crippen LogP) is 3.17. The highest BCUT2D eigenvalue weighted by Gasteiger charge is 2.25. The van der Waals surface area contributed by atoms with Gasteiger partial charge < -0.3 is 0 Å². The van der Waals surface area contributed by atoms with Crippen molar-refractivity contribution in [2.75, 3.05) is 17.0 Å². The molecule has 4 heteroatoms. The van der Waals surface area contributed by atoms with E-state index in [4.69, 9.17) is 0 Å². The van der Waals surface area contributed by atoms with E-state index in [2.05, 4.69) is 23.4 Å². The third-order valence-electron chi connectivity index (χ3n) is 3.24. The molecule has 1 aliphatic rings. The average Bonchev–Trinajstić information content (AvgIpc) is 2.70. The van der Waals surface area contributed by atoms with Crippen molar-refractivity contribution in [2.45, 2.75) is 12.8 Å². The lowest BCUT2D eigenvalue weighted by atomic mass is 10.0. The van der Waals surface area contributed by atoms with Gasteiger partial charge in [-0.05, 0) is 17.7 Å². The monoisotopic (exact) mass is 243 g/mol. The average molecular weight is 243 g/mol. The van der Waals surface area contributed by atoms with Crippen LogP contribution in [0.4, 0.5) is 15.8 Å². The van der Waals surface area contributed by atoms with Crippen molar-refractivity contribution in [1.82, 2.24) is 4.98 Å². The molecule has 3 rings (SSSR count). The molecule has 1 atom stereocenters. The van der Waals surface area contributed by atoms with Crippen molar-refractivity contribution in [3.63, 3.8) is 0 Å². The molecule has 2 heterocycles. The van der Waals surface area contributed by atoms with Crippen LogP contribution < -0.4 is 10.4 Å². The van der Waals surface area contributed by atoms with Gasteiger partial charge in [-0.3, -0.25) is 15.4 Å². The van der Waals surface area contributed by atoms with Crippen LogP contribution in [-0.2, 0) is 0 Å². The van der Waals surface area contributed by atoms with Crippen molar-refractivity contribution in [3.8, 4) is 0 Å². The van der Waals surface area contributed by atoms with Crippen LogP contribution in [0, 0.1) is 5.82 Å². The number of rotatable bonds is 2. The Balaban J connectivity index is 1.90. The second-order valence-corrected chi connectivity index (χ2v) is 4.54. The number of nitrogens with one attached hydrogen (secondary N) is 1. The van der Waals surface area contributed by atoms with Crippen molar-refractivity contribution in [3.05, 3.63) is 54.1 Å². The van der Waals surface area contributed by atoms with E-state index in [9.17, 15) is 4.39 Å². The Kier molecular flexibility index (Phi) is 2.63. The van der Waals surface area contributed by atoms with E-state index < -0.39 is 0 Å². The molecule has 0 aliphatic carbocycles. The topological polar surface area (TPSA) is 28.2 Å². The Morgan fingerprint density at radius 3 is 3.00 bits per heavy atom. The van der Waals surface area contributed by atoms with Gasteiger partial charge in [0.1, 0.15) is 0 Å². The summed E-state index contributed by atoms with van der Waals surface area (Å²) in [5.74, 6) is 0.105. The molecule has 0 fully saturated rings. The zero-order chi connectivity index (χ0) is 12.5. The minimum Gasteiger partial charge on any atom is -0.295 e. The summed E-state index contributed by atoms with van der Waals surface area (Å²) in [6.45, 7) is 3.00. The lowest BCUT2D eigenvalue weighted by Crippen LogP contribution is -2.28. The summed E-state index contributed by atoms with van der Waals surface area (Å²) < 4.78 is 13.6. The summed E-state index contributed by atoms with van der Waals surface area (Å²) in [6, 6.07) is 9.83. The molecular weight excluding hydrogens is 229 g/mol. The number of benzene rings is 1. The maximum atomic E-state index is 13.6. The first-order valence-corrected chi connectivity index (χ1v) is 5.98. The summed E-state index contributed by atoms with van der Waals surface area (Å²) >= 11 is 0. The van der Waals surface area contributed by atoms with Crippen molar-refractivity contribution < 1.29 is 4.39 Å². The van der Waals surface area contributed by atoms with E-state index in [1.807, 2.05) is 23.2 Å². The van der Waals surface area contributed by atoms with Crippen molar-refractivity contribution in [2.24, 2.45) is 0 Å². The third kappa shape index (κ3) is 1.79. The number of anilines is 2. The van der Waals surface area contributed by atoms with Crippen LogP contribution in [0.5, 0.6) is 0 Å². The fourth-order valence-electron chi connectivity index (χ4n) is 2.34. The van der Waals surface area contributed by atoms with E-state index in [0.717, 1.165) is 12.2 Å². The van der Waals surface area contributed by atoms with Gasteiger partial charge in [0.15, 0.2) is 5.82 Å². The molecule has 1 N–H and O–H groups in total. The molecule has 1 aliphatic heterocycles. The molecule has 0 saturated heterocycles. The first kappa shape index (κ1) is 11.0. The molecule has 0 saturated carbocycles. The maximum absolute atomic E-state index is 13.6. The minimum absolute atomic E-state index is 0.338. The molecule has 92 valence electrons. The molecule has 3 nitrogen and oxygen atoms in total. The maximum Gasteiger partial charge on any atom is 0.166 e. The fourth-order valence-corrected chi connectivity index (χ4v) is 2.34. The van der Waals surface area contributed by atoms with E-state index in [0.29, 0.717) is 11.6 Å². The van der Waals surface area contributed by atoms with Gasteiger partial charge in [0.05, 0.1) is 17.6 Å². The second-order valence-electron chi connectivity index (χ2n) is 4.54. The van der Waals surface area contributed by atoms with Crippen LogP contribution in [-0.4, -0.2) is 11.5 Å². The Bertz CT molecular complexity index is 570. The van der Waals surface area contributed by atoms with E-state index in [-0.39, 0.29) is 5.82 Å². The Hall–Kier alpha value is -2.10. The third-order valence-corrected chi connectivity index (χ3v) is 3.24. The normalized spacial score (nSPS) is 17.7. The van der Waals surface area contributed by atoms with E-state index in [1.54, 1.807) is 12.3 Å². The zero-order valence-corrected chi connectivity index (χ0v) is 10.1. The summed E-state index contributed by atoms with van der Waals surface area (Å²) in [5, 5.41) is 1.98. The fraction of sp³-hybridized carbons (Fsp3) is 0.214. The largest absolute Gasteiger partial charge is 0.295 e. The van der Waals surface area contributed by atoms with Crippen LogP contribution in [0.3, 0.4) is 0 Å². The summed E-state index contributed by atoms with van der Waals surface area (Å²) in [6.07, 6.45) is 2.80. The van der Waals surface area contributed by atoms with Crippen LogP contribution in [0.25, 0.3) is 0 Å². The number of halogens is 1. The molecule has 0 radical (unpaired) electrons. The highest BCUT2D eigenvalue weighted by molar-refractivity contribution is 5.64. The highest BCUT2D eigenvalue weighted by Crippen LogP contribution is 2.35. The Morgan fingerprint density at radius 1 is 1.33 bits per heavy atom. The number of hydrogen-bond acceptors (Lipinski definition) is 3. The van der Waals surface area contributed by atoms with Gasteiger partial charge in [-0.15, -0.1) is 0 Å². The molecule has 2 aromatic rings. The van der Waals surface area contributed by atoms with Crippen LogP contribution in [0.15, 0.2) is 42.7 Å². The number of fused-ring (bicyclic) bond motifs is 1. The van der Waals surface area contributed by atoms with Gasteiger partial charge in [0.2, 0.25) is 0 Å². The molecular formula is C14H14FN3. The first-order valence-electron chi connectivity index (χ1n) is 5.98. The summed E-state index contributed by atoms with van der Waals surface area (Å²) in [7, 11) is 0. The Labute approximate surface area is 105 Å². The second kappa shape index (κ2) is 4.29. The number of aromatic nitrogens is 1. The molecule has 0 amide bonds. The zero-order valence-electron chi connectivity index (χ0n) is 10.1. The number of hydrazine groups is 1. The standard InChI is InChI=1S/C14H14FN3/c1-10-9-18(14-5-3-2-4-11(10)14)17-13-6-7-16-8-12(13)15/h2-8,10H,9H2,1H3,(H,16,17). The molecule has 0 bridgehead atoms. The minimum atomic E-state index is -0.338. The SMILES string of the molecule is CC1CN(Nc2ccncc2F)c2ccccc21. The van der Waals surface area contributed by atoms with Crippen LogP contribution >= 0.6 is 0 Å². The summed E-state index contributed by atoms with van der Waals surface area (Å²) in [4.78, 5) is 3.75. The smallest absolute Gasteiger partial charge is 0.166 e. The number of pyridine rings is 1. The molecule has 0 spiro atoms. The van der Waals surface area contributed by atoms with Crippen molar-refractivity contribution >= 4 is 11.4 Å². The lowest BCUT2D eigenvalue weighted by Gasteiger charge is -2.22. The van der Waals surface area contributed by atoms with Gasteiger partial charge in [0.25, 0.3) is 0 Å². The van der Waals surface area contributed by atoms with Crippen LogP contribution in [0.2, 0.25) is 0 Å². The number of para-hydroxylation sites is 1. The van der Waals surface area contributed by atoms with Gasteiger partial charge >= 0.3 is 0 Å². The first-order chi connectivity index (χ1) is 8.75. The highest BCUT2D eigenvalue weighted by atomic mass is 19.1. The molecule has 18 heavy (non-hydrogen) atoms. The number of nitrogens with zero attached hydrogens (tertiary/aromatic N) is 2. The van der Waals surface area contributed by atoms with E-state index in [1.165, 1.54) is 11.8 Å². The molecule has 1 aromatic carbocycles. The van der Waals surface area contributed by atoms with Crippen LogP contribution in [0.1, 0.15) is 18.4 Å². The van der Waals surface area contributed by atoms with Gasteiger partial charge in [-0.2, -0.15) is 0 Å². The number of hydrogen-bond donors (Lipinski definition) is 1. The van der Waals surface area contributed by atoms with Gasteiger partial charge in [-0.1, -0.05) is 25.1 Å². The summed E-state index contributed by atoms with van der Waals surface area (Å²) in [5.41, 5.74) is 5.97. The molecule has 1 unspecified atom stereocenters. The van der Waals surface area contributed by atoms with E-state index >= 15 is 0 Å². The lowest BCUT2D eigenvalue weighted by molar-refractivity contribution is 0.622. The Morgan fingerprint density at radius 2 is 2.17 bits per heavy atom. The predicted molar refractivity (Wildman–Crippen MR) is 70.0 cm³/mol. The quantitative estimate of drug-likeness (QED) is 0.878.